The van der Waals surface area contributed by atoms with E-state index in [0.29, 0.717) is 40.8 Å². The molecule has 0 atom stereocenters. The number of methoxy groups -OCH3 is 1. The summed E-state index contributed by atoms with van der Waals surface area (Å²) in [6.07, 6.45) is 1.57. The van der Waals surface area contributed by atoms with Gasteiger partial charge in [0, 0.05) is 41.5 Å². The predicted octanol–water partition coefficient (Wildman–Crippen LogP) is 4.08. The number of amides is 2. The van der Waals surface area contributed by atoms with Crippen LogP contribution in [0.2, 0.25) is 0 Å². The van der Waals surface area contributed by atoms with E-state index in [2.05, 4.69) is 4.98 Å². The average Bonchev–Trinajstić information content (AvgIpc) is 3.25. The molecule has 1 aliphatic heterocycles. The number of carbonyl (C=O) groups excluding carboxylic acids is 2. The van der Waals surface area contributed by atoms with E-state index in [1.807, 2.05) is 12.1 Å². The summed E-state index contributed by atoms with van der Waals surface area (Å²) in [4.78, 5) is 30.4. The minimum atomic E-state index is -0.611. The van der Waals surface area contributed by atoms with Gasteiger partial charge in [-0.05, 0) is 66.3 Å². The zero-order valence-electron chi connectivity index (χ0n) is 19.3. The van der Waals surface area contributed by atoms with Crippen LogP contribution in [0.1, 0.15) is 33.6 Å². The summed E-state index contributed by atoms with van der Waals surface area (Å²) in [5, 5.41) is 10.9. The highest BCUT2D eigenvalue weighted by Crippen LogP contribution is 2.34. The monoisotopic (exact) mass is 475 g/mol. The minimum Gasteiger partial charge on any atom is -0.494 e. The van der Waals surface area contributed by atoms with E-state index in [4.69, 9.17) is 10.5 Å². The van der Waals surface area contributed by atoms with Gasteiger partial charge in [0.1, 0.15) is 0 Å². The Hall–Kier alpha value is -3.91. The smallest absolute Gasteiger partial charge is 0.253 e. The normalized spacial score (nSPS) is 14.5. The topological polar surface area (TPSA) is 109 Å². The maximum atomic E-state index is 14.3. The number of nitrogens with one attached hydrogen (secondary N) is 1. The highest BCUT2D eigenvalue weighted by Gasteiger charge is 2.24. The molecule has 3 aromatic carbocycles. The van der Waals surface area contributed by atoms with Crippen LogP contribution in [-0.4, -0.2) is 53.6 Å². The first-order valence-corrected chi connectivity index (χ1v) is 11.5. The van der Waals surface area contributed by atoms with Gasteiger partial charge in [0.2, 0.25) is 0 Å². The quantitative estimate of drug-likeness (QED) is 0.404. The standard InChI is InChI=1S/C27H26FN3O4/c1-35-24-5-3-16(12-22(24)28)18-10-20-19-4-2-17(27(34)31-8-6-15(14-32)7-9-31)13-23(19)30-25(20)21(11-18)26(29)33/h2-5,10-13,15,30,32H,6-9,14H2,1H3,(H2,29,33). The Morgan fingerprint density at radius 2 is 1.86 bits per heavy atom. The van der Waals surface area contributed by atoms with Crippen LogP contribution in [0.3, 0.4) is 0 Å². The van der Waals surface area contributed by atoms with Crippen molar-refractivity contribution in [3.63, 3.8) is 0 Å². The van der Waals surface area contributed by atoms with Gasteiger partial charge in [-0.25, -0.2) is 4.39 Å². The molecule has 0 bridgehead atoms. The molecule has 5 rings (SSSR count). The Kier molecular flexibility index (Phi) is 5.90. The van der Waals surface area contributed by atoms with Gasteiger partial charge in [-0.2, -0.15) is 0 Å². The van der Waals surface area contributed by atoms with E-state index in [1.165, 1.54) is 19.2 Å². The van der Waals surface area contributed by atoms with E-state index < -0.39 is 11.7 Å². The number of hydrogen-bond acceptors (Lipinski definition) is 4. The van der Waals surface area contributed by atoms with Crippen molar-refractivity contribution in [1.29, 1.82) is 0 Å². The molecule has 1 saturated heterocycles. The number of aliphatic hydroxyl groups is 1. The lowest BCUT2D eigenvalue weighted by Gasteiger charge is -2.31. The first kappa shape index (κ1) is 22.9. The Labute approximate surface area is 201 Å². The molecule has 4 N–H and O–H groups in total. The van der Waals surface area contributed by atoms with Crippen LogP contribution in [0.25, 0.3) is 32.9 Å². The number of H-pyrrole nitrogens is 1. The number of carbonyl (C=O) groups is 2. The summed E-state index contributed by atoms with van der Waals surface area (Å²) in [6, 6.07) is 13.5. The molecule has 180 valence electrons. The van der Waals surface area contributed by atoms with E-state index in [-0.39, 0.29) is 29.7 Å². The highest BCUT2D eigenvalue weighted by atomic mass is 19.1. The molecule has 1 aliphatic rings. The van der Waals surface area contributed by atoms with Crippen LogP contribution in [0.4, 0.5) is 4.39 Å². The Morgan fingerprint density at radius 3 is 2.51 bits per heavy atom. The molecule has 4 aromatic rings. The third-order valence-electron chi connectivity index (χ3n) is 6.87. The number of hydrogen-bond donors (Lipinski definition) is 3. The van der Waals surface area contributed by atoms with Crippen LogP contribution in [0.5, 0.6) is 5.75 Å². The van der Waals surface area contributed by atoms with Crippen molar-refractivity contribution in [3.8, 4) is 16.9 Å². The van der Waals surface area contributed by atoms with Crippen LogP contribution < -0.4 is 10.5 Å². The molecule has 7 nitrogen and oxygen atoms in total. The number of primary amides is 1. The zero-order valence-corrected chi connectivity index (χ0v) is 19.3. The SMILES string of the molecule is COc1ccc(-c2cc(C(N)=O)c3[nH]c4cc(C(=O)N5CCC(CO)CC5)ccc4c3c2)cc1F. The number of benzene rings is 3. The summed E-state index contributed by atoms with van der Waals surface area (Å²) in [5.41, 5.74) is 9.01. The van der Waals surface area contributed by atoms with Crippen LogP contribution in [0, 0.1) is 11.7 Å². The zero-order chi connectivity index (χ0) is 24.7. The van der Waals surface area contributed by atoms with Gasteiger partial charge in [-0.15, -0.1) is 0 Å². The number of likely N-dealkylation sites (tertiary alicyclic amines) is 1. The number of aromatic amines is 1. The number of nitrogens with two attached hydrogens (primary N) is 1. The van der Waals surface area contributed by atoms with Gasteiger partial charge >= 0.3 is 0 Å². The van der Waals surface area contributed by atoms with Gasteiger partial charge in [-0.1, -0.05) is 12.1 Å². The number of piperidine rings is 1. The second kappa shape index (κ2) is 9.03. The van der Waals surface area contributed by atoms with Crippen molar-refractivity contribution in [2.24, 2.45) is 11.7 Å². The van der Waals surface area contributed by atoms with Crippen molar-refractivity contribution in [2.75, 3.05) is 26.8 Å². The molecule has 1 aromatic heterocycles. The Morgan fingerprint density at radius 1 is 1.09 bits per heavy atom. The number of nitrogens with zero attached hydrogens (tertiary/aromatic N) is 1. The van der Waals surface area contributed by atoms with Crippen molar-refractivity contribution in [1.82, 2.24) is 9.88 Å². The molecule has 35 heavy (non-hydrogen) atoms. The summed E-state index contributed by atoms with van der Waals surface area (Å²) in [5.74, 6) is -0.798. The van der Waals surface area contributed by atoms with Gasteiger partial charge in [0.05, 0.1) is 18.2 Å². The largest absolute Gasteiger partial charge is 0.494 e. The maximum Gasteiger partial charge on any atom is 0.253 e. The fourth-order valence-corrected chi connectivity index (χ4v) is 4.85. The second-order valence-electron chi connectivity index (χ2n) is 8.96. The molecule has 2 amide bonds. The fourth-order valence-electron chi connectivity index (χ4n) is 4.85. The molecule has 0 radical (unpaired) electrons. The molecule has 0 unspecified atom stereocenters. The highest BCUT2D eigenvalue weighted by molar-refractivity contribution is 6.17. The molecule has 0 aliphatic carbocycles. The number of rotatable bonds is 5. The molecule has 2 heterocycles. The number of aliphatic hydroxyl groups excluding tert-OH is 1. The van der Waals surface area contributed by atoms with Gasteiger partial charge < -0.3 is 25.5 Å². The molecule has 8 heteroatoms. The van der Waals surface area contributed by atoms with Crippen molar-refractivity contribution >= 4 is 33.6 Å². The van der Waals surface area contributed by atoms with Gasteiger partial charge in [-0.3, -0.25) is 9.59 Å². The molecule has 1 fully saturated rings. The summed E-state index contributed by atoms with van der Waals surface area (Å²) >= 11 is 0. The van der Waals surface area contributed by atoms with Crippen LogP contribution in [0.15, 0.2) is 48.5 Å². The van der Waals surface area contributed by atoms with Gasteiger partial charge in [0.15, 0.2) is 11.6 Å². The predicted molar refractivity (Wildman–Crippen MR) is 132 cm³/mol. The lowest BCUT2D eigenvalue weighted by molar-refractivity contribution is 0.0651. The summed E-state index contributed by atoms with van der Waals surface area (Å²) in [6.45, 7) is 1.38. The first-order chi connectivity index (χ1) is 16.9. The van der Waals surface area contributed by atoms with E-state index in [1.54, 1.807) is 29.2 Å². The third kappa shape index (κ3) is 4.10. The van der Waals surface area contributed by atoms with Gasteiger partial charge in [0.25, 0.3) is 11.8 Å². The number of aromatic nitrogens is 1. The summed E-state index contributed by atoms with van der Waals surface area (Å²) in [7, 11) is 1.40. The van der Waals surface area contributed by atoms with E-state index in [0.717, 1.165) is 23.6 Å². The average molecular weight is 476 g/mol. The van der Waals surface area contributed by atoms with Crippen molar-refractivity contribution in [2.45, 2.75) is 12.8 Å². The molecule has 0 spiro atoms. The first-order valence-electron chi connectivity index (χ1n) is 11.5. The fraction of sp³-hybridized carbons (Fsp3) is 0.259. The third-order valence-corrected chi connectivity index (χ3v) is 6.87. The van der Waals surface area contributed by atoms with E-state index in [9.17, 15) is 19.1 Å². The number of ether oxygens (including phenoxy) is 1. The molecule has 0 saturated carbocycles. The molecular weight excluding hydrogens is 449 g/mol. The molecular formula is C27H26FN3O4. The lowest BCUT2D eigenvalue weighted by Crippen LogP contribution is -2.39. The number of fused-ring (bicyclic) bond motifs is 3. The Balaban J connectivity index is 1.57. The van der Waals surface area contributed by atoms with Crippen molar-refractivity contribution < 1.29 is 23.8 Å². The second-order valence-corrected chi connectivity index (χ2v) is 8.96. The van der Waals surface area contributed by atoms with Crippen LogP contribution >= 0.6 is 0 Å². The number of halogens is 1. The van der Waals surface area contributed by atoms with Crippen molar-refractivity contribution in [3.05, 3.63) is 65.5 Å². The van der Waals surface area contributed by atoms with Crippen LogP contribution in [-0.2, 0) is 0 Å². The minimum absolute atomic E-state index is 0.0635. The lowest BCUT2D eigenvalue weighted by atomic mass is 9.97. The Bertz CT molecular complexity index is 1450. The maximum absolute atomic E-state index is 14.3. The van der Waals surface area contributed by atoms with E-state index >= 15 is 0 Å². The summed E-state index contributed by atoms with van der Waals surface area (Å²) < 4.78 is 19.3.